The monoisotopic (exact) mass is 526 g/mol. The number of aromatic nitrogens is 4. The first kappa shape index (κ1) is 23.8. The first-order valence-electron chi connectivity index (χ1n) is 9.86. The Morgan fingerprint density at radius 1 is 1.32 bits per heavy atom. The van der Waals surface area contributed by atoms with Gasteiger partial charge in [0.1, 0.15) is 5.82 Å². The second-order valence-corrected chi connectivity index (χ2v) is 8.99. The van der Waals surface area contributed by atoms with Crippen LogP contribution in [0.2, 0.25) is 5.02 Å². The Morgan fingerprint density at radius 3 is 2.94 bits per heavy atom. The molecule has 0 radical (unpaired) electrons. The Balaban J connectivity index is 1.74. The van der Waals surface area contributed by atoms with Crippen molar-refractivity contribution in [2.45, 2.75) is 25.0 Å². The van der Waals surface area contributed by atoms with Crippen molar-refractivity contribution >= 4 is 62.1 Å². The lowest BCUT2D eigenvalue weighted by Gasteiger charge is -2.10. The average molecular weight is 528 g/mol. The van der Waals surface area contributed by atoms with Crippen LogP contribution in [0.25, 0.3) is 11.0 Å². The molecule has 2 aromatic heterocycles. The summed E-state index contributed by atoms with van der Waals surface area (Å²) in [6, 6.07) is 5.18. The fourth-order valence-corrected chi connectivity index (χ4v) is 4.06. The highest BCUT2D eigenvalue weighted by Crippen LogP contribution is 2.25. The van der Waals surface area contributed by atoms with Gasteiger partial charge in [-0.3, -0.25) is 4.79 Å². The molecule has 0 fully saturated rings. The smallest absolute Gasteiger partial charge is 0.252 e. The predicted octanol–water partition coefficient (Wildman–Crippen LogP) is 4.23. The van der Waals surface area contributed by atoms with Gasteiger partial charge in [-0.15, -0.1) is 0 Å². The molecule has 31 heavy (non-hydrogen) atoms. The van der Waals surface area contributed by atoms with Gasteiger partial charge in [0.05, 0.1) is 35.3 Å². The number of nitrogens with one attached hydrogen (secondary N) is 2. The van der Waals surface area contributed by atoms with Gasteiger partial charge in [0.15, 0.2) is 10.8 Å². The molecule has 0 aliphatic carbocycles. The SMILES string of the molecule is CCCSc1nc(NCCOC)c2cnn(CCNC(=O)c3cc(Br)ccc3Cl)c2n1. The molecule has 11 heteroatoms. The molecule has 0 bridgehead atoms. The number of ether oxygens (including phenoxy) is 1. The summed E-state index contributed by atoms with van der Waals surface area (Å²) in [5, 5.41) is 12.6. The van der Waals surface area contributed by atoms with E-state index in [0.717, 1.165) is 33.5 Å². The summed E-state index contributed by atoms with van der Waals surface area (Å²) in [6.07, 6.45) is 2.77. The number of anilines is 1. The van der Waals surface area contributed by atoms with Crippen LogP contribution in [0.5, 0.6) is 0 Å². The standard InChI is InChI=1S/C20H24BrClN6O2S/c1-3-10-31-20-26-17(23-7-9-30-2)15-12-25-28(18(15)27-20)8-6-24-19(29)14-11-13(21)4-5-16(14)22/h4-5,11-12H,3,6-10H2,1-2H3,(H,24,29)(H,23,26,27). The van der Waals surface area contributed by atoms with Crippen molar-refractivity contribution in [1.29, 1.82) is 0 Å². The largest absolute Gasteiger partial charge is 0.383 e. The molecule has 166 valence electrons. The molecule has 0 saturated carbocycles. The van der Waals surface area contributed by atoms with E-state index in [2.05, 4.69) is 48.6 Å². The van der Waals surface area contributed by atoms with Gasteiger partial charge in [-0.2, -0.15) is 5.10 Å². The molecule has 0 atom stereocenters. The van der Waals surface area contributed by atoms with E-state index in [9.17, 15) is 4.79 Å². The summed E-state index contributed by atoms with van der Waals surface area (Å²) >= 11 is 11.1. The van der Waals surface area contributed by atoms with Crippen LogP contribution in [0.15, 0.2) is 34.0 Å². The molecule has 2 heterocycles. The van der Waals surface area contributed by atoms with Crippen molar-refractivity contribution in [3.05, 3.63) is 39.5 Å². The van der Waals surface area contributed by atoms with E-state index >= 15 is 0 Å². The number of methoxy groups -OCH3 is 1. The second-order valence-electron chi connectivity index (χ2n) is 6.61. The van der Waals surface area contributed by atoms with E-state index in [-0.39, 0.29) is 5.91 Å². The van der Waals surface area contributed by atoms with Crippen LogP contribution in [0, 0.1) is 0 Å². The number of amides is 1. The first-order chi connectivity index (χ1) is 15.0. The number of hydrogen-bond acceptors (Lipinski definition) is 7. The van der Waals surface area contributed by atoms with E-state index in [1.54, 1.807) is 47.9 Å². The number of carbonyl (C=O) groups excluding carboxylic acids is 1. The zero-order chi connectivity index (χ0) is 22.2. The molecule has 0 aliphatic heterocycles. The van der Waals surface area contributed by atoms with Gasteiger partial charge in [0.25, 0.3) is 5.91 Å². The molecule has 8 nitrogen and oxygen atoms in total. The average Bonchev–Trinajstić information content (AvgIpc) is 3.17. The molecule has 0 saturated heterocycles. The molecule has 0 unspecified atom stereocenters. The van der Waals surface area contributed by atoms with Gasteiger partial charge in [-0.25, -0.2) is 14.6 Å². The molecular formula is C20H24BrClN6O2S. The predicted molar refractivity (Wildman–Crippen MR) is 128 cm³/mol. The number of hydrogen-bond donors (Lipinski definition) is 2. The van der Waals surface area contributed by atoms with Crippen molar-refractivity contribution in [3.63, 3.8) is 0 Å². The number of rotatable bonds is 11. The lowest BCUT2D eigenvalue weighted by atomic mass is 10.2. The highest BCUT2D eigenvalue weighted by molar-refractivity contribution is 9.10. The maximum atomic E-state index is 12.5. The van der Waals surface area contributed by atoms with Crippen LogP contribution in [0.3, 0.4) is 0 Å². The topological polar surface area (TPSA) is 94.0 Å². The zero-order valence-corrected chi connectivity index (χ0v) is 20.5. The van der Waals surface area contributed by atoms with Crippen molar-refractivity contribution in [1.82, 2.24) is 25.1 Å². The number of thioether (sulfide) groups is 1. The Morgan fingerprint density at radius 2 is 2.16 bits per heavy atom. The fourth-order valence-electron chi connectivity index (χ4n) is 2.81. The van der Waals surface area contributed by atoms with Gasteiger partial charge in [0, 0.05) is 30.4 Å². The third-order valence-corrected chi connectivity index (χ3v) is 6.17. The molecule has 3 aromatic rings. The normalized spacial score (nSPS) is 11.1. The van der Waals surface area contributed by atoms with Crippen LogP contribution in [-0.4, -0.2) is 58.2 Å². The van der Waals surface area contributed by atoms with E-state index in [4.69, 9.17) is 16.3 Å². The zero-order valence-electron chi connectivity index (χ0n) is 17.3. The lowest BCUT2D eigenvalue weighted by molar-refractivity contribution is 0.0952. The van der Waals surface area contributed by atoms with E-state index in [1.165, 1.54) is 0 Å². The molecular weight excluding hydrogens is 504 g/mol. The minimum absolute atomic E-state index is 0.238. The first-order valence-corrected chi connectivity index (χ1v) is 12.0. The third kappa shape index (κ3) is 6.31. The summed E-state index contributed by atoms with van der Waals surface area (Å²) in [5.41, 5.74) is 1.15. The minimum Gasteiger partial charge on any atom is -0.383 e. The number of carbonyl (C=O) groups is 1. The minimum atomic E-state index is -0.238. The Hall–Kier alpha value is -1.88. The third-order valence-electron chi connectivity index (χ3n) is 4.29. The quantitative estimate of drug-likeness (QED) is 0.219. The van der Waals surface area contributed by atoms with Gasteiger partial charge >= 0.3 is 0 Å². The van der Waals surface area contributed by atoms with E-state index in [1.807, 2.05) is 0 Å². The van der Waals surface area contributed by atoms with Crippen molar-refractivity contribution < 1.29 is 9.53 Å². The van der Waals surface area contributed by atoms with Gasteiger partial charge in [-0.1, -0.05) is 46.2 Å². The van der Waals surface area contributed by atoms with Crippen LogP contribution < -0.4 is 10.6 Å². The molecule has 0 aliphatic rings. The van der Waals surface area contributed by atoms with Gasteiger partial charge < -0.3 is 15.4 Å². The second kappa shape index (κ2) is 11.7. The summed E-state index contributed by atoms with van der Waals surface area (Å²) in [5.74, 6) is 1.43. The Bertz CT molecular complexity index is 1050. The Labute approximate surface area is 198 Å². The number of fused-ring (bicyclic) bond motifs is 1. The summed E-state index contributed by atoms with van der Waals surface area (Å²) in [7, 11) is 1.66. The summed E-state index contributed by atoms with van der Waals surface area (Å²) in [6.45, 7) is 4.17. The maximum absolute atomic E-state index is 12.5. The molecule has 1 aromatic carbocycles. The molecule has 0 spiro atoms. The maximum Gasteiger partial charge on any atom is 0.252 e. The van der Waals surface area contributed by atoms with Crippen LogP contribution in [0.1, 0.15) is 23.7 Å². The van der Waals surface area contributed by atoms with Gasteiger partial charge in [0.2, 0.25) is 0 Å². The molecule has 3 rings (SSSR count). The number of halogens is 2. The van der Waals surface area contributed by atoms with Crippen LogP contribution >= 0.6 is 39.3 Å². The van der Waals surface area contributed by atoms with Gasteiger partial charge in [-0.05, 0) is 24.6 Å². The lowest BCUT2D eigenvalue weighted by Crippen LogP contribution is -2.27. The number of benzene rings is 1. The fraction of sp³-hybridized carbons (Fsp3) is 0.400. The van der Waals surface area contributed by atoms with Crippen molar-refractivity contribution in [2.75, 3.05) is 37.9 Å². The van der Waals surface area contributed by atoms with E-state index < -0.39 is 0 Å². The Kier molecular flexibility index (Phi) is 8.94. The molecule has 1 amide bonds. The summed E-state index contributed by atoms with van der Waals surface area (Å²) in [4.78, 5) is 21.8. The van der Waals surface area contributed by atoms with Crippen molar-refractivity contribution in [2.24, 2.45) is 0 Å². The molecule has 2 N–H and O–H groups in total. The van der Waals surface area contributed by atoms with E-state index in [0.29, 0.717) is 42.0 Å². The summed E-state index contributed by atoms with van der Waals surface area (Å²) < 4.78 is 7.69. The van der Waals surface area contributed by atoms with Crippen LogP contribution in [0.4, 0.5) is 5.82 Å². The highest BCUT2D eigenvalue weighted by Gasteiger charge is 2.14. The number of nitrogens with zero attached hydrogens (tertiary/aromatic N) is 4. The van der Waals surface area contributed by atoms with Crippen molar-refractivity contribution in [3.8, 4) is 0 Å². The highest BCUT2D eigenvalue weighted by atomic mass is 79.9. The van der Waals surface area contributed by atoms with Crippen LogP contribution in [-0.2, 0) is 11.3 Å².